The number of carbonyl (C=O) groups is 3. The largest absolute Gasteiger partial charge is 0.465 e. The second-order valence-electron chi connectivity index (χ2n) is 11.6. The van der Waals surface area contributed by atoms with E-state index in [-0.39, 0.29) is 30.9 Å². The zero-order valence-electron chi connectivity index (χ0n) is 24.5. The summed E-state index contributed by atoms with van der Waals surface area (Å²) in [5, 5.41) is 10.5. The molecule has 0 saturated carbocycles. The Morgan fingerprint density at radius 2 is 1.95 bits per heavy atom. The summed E-state index contributed by atoms with van der Waals surface area (Å²) in [7, 11) is 0. The first-order valence-corrected chi connectivity index (χ1v) is 15.0. The highest BCUT2D eigenvalue weighted by Gasteiger charge is 2.79. The highest BCUT2D eigenvalue weighted by Crippen LogP contribution is 2.65. The molecular weight excluding hydrogens is 496 g/mol. The predicted octanol–water partition coefficient (Wildman–Crippen LogP) is 4.26. The maximum atomic E-state index is 14.4. The van der Waals surface area contributed by atoms with Gasteiger partial charge >= 0.3 is 5.97 Å². The third kappa shape index (κ3) is 5.56. The zero-order chi connectivity index (χ0) is 28.8. The van der Waals surface area contributed by atoms with Crippen LogP contribution in [0.25, 0.3) is 0 Å². The van der Waals surface area contributed by atoms with Crippen molar-refractivity contribution >= 4 is 17.8 Å². The van der Waals surface area contributed by atoms with Gasteiger partial charge in [-0.25, -0.2) is 0 Å². The monoisotopic (exact) mass is 546 g/mol. The van der Waals surface area contributed by atoms with Crippen molar-refractivity contribution in [2.75, 3.05) is 26.3 Å². The van der Waals surface area contributed by atoms with E-state index in [0.29, 0.717) is 32.4 Å². The standard InChI is InChI=1S/C31H50N2O6/c1-7-12-14-15-20-38-29(37)25-24-27(35)33(23(21-34)22(6)10-4)26(28(36)32(18-9-3)19-13-8-2)31(24)17-16-30(25,11-5)39-31/h7,9,22-26,34H,1,3,8,10-21H2,2,4-6H3/t22-,23-,24-,25+,26?,30-,31?/m0/s1. The van der Waals surface area contributed by atoms with Gasteiger partial charge in [-0.15, -0.1) is 13.2 Å². The number of hydrogen-bond acceptors (Lipinski definition) is 6. The van der Waals surface area contributed by atoms with Gasteiger partial charge in [-0.2, -0.15) is 0 Å². The molecule has 0 aromatic rings. The Hall–Kier alpha value is -2.19. The van der Waals surface area contributed by atoms with Crippen LogP contribution in [0.15, 0.2) is 25.3 Å². The maximum Gasteiger partial charge on any atom is 0.312 e. The minimum absolute atomic E-state index is 0.0411. The minimum atomic E-state index is -1.12. The number of aliphatic hydroxyl groups is 1. The van der Waals surface area contributed by atoms with Crippen LogP contribution in [0.3, 0.4) is 0 Å². The van der Waals surface area contributed by atoms with E-state index in [1.807, 2.05) is 26.8 Å². The highest BCUT2D eigenvalue weighted by molar-refractivity contribution is 5.98. The van der Waals surface area contributed by atoms with Gasteiger partial charge in [0.1, 0.15) is 17.6 Å². The van der Waals surface area contributed by atoms with Crippen molar-refractivity contribution in [3.8, 4) is 0 Å². The van der Waals surface area contributed by atoms with E-state index in [9.17, 15) is 19.5 Å². The van der Waals surface area contributed by atoms with E-state index in [2.05, 4.69) is 20.1 Å². The lowest BCUT2D eigenvalue weighted by atomic mass is 9.65. The number of unbranched alkanes of at least 4 members (excludes halogenated alkanes) is 3. The van der Waals surface area contributed by atoms with Crippen molar-refractivity contribution in [1.82, 2.24) is 9.80 Å². The number of rotatable bonds is 17. The molecule has 1 spiro atoms. The van der Waals surface area contributed by atoms with Gasteiger partial charge in [-0.3, -0.25) is 14.4 Å². The molecular formula is C31H50N2O6. The second-order valence-corrected chi connectivity index (χ2v) is 11.6. The summed E-state index contributed by atoms with van der Waals surface area (Å²) in [4.78, 5) is 45.8. The molecule has 39 heavy (non-hydrogen) atoms. The molecule has 3 aliphatic rings. The molecule has 8 nitrogen and oxygen atoms in total. The number of fused-ring (bicyclic) bond motifs is 1. The number of likely N-dealkylation sites (tertiary alicyclic amines) is 1. The van der Waals surface area contributed by atoms with Gasteiger partial charge in [0.15, 0.2) is 0 Å². The van der Waals surface area contributed by atoms with Crippen LogP contribution in [0.2, 0.25) is 0 Å². The lowest BCUT2D eigenvalue weighted by Gasteiger charge is -2.41. The van der Waals surface area contributed by atoms with E-state index >= 15 is 0 Å². The average Bonchev–Trinajstić information content (AvgIpc) is 3.54. The number of hydrogen-bond donors (Lipinski definition) is 1. The van der Waals surface area contributed by atoms with Gasteiger partial charge in [-0.05, 0) is 50.9 Å². The highest BCUT2D eigenvalue weighted by atomic mass is 16.6. The van der Waals surface area contributed by atoms with Crippen LogP contribution in [0, 0.1) is 17.8 Å². The van der Waals surface area contributed by atoms with E-state index in [1.54, 1.807) is 15.9 Å². The molecule has 0 aromatic carbocycles. The predicted molar refractivity (Wildman–Crippen MR) is 151 cm³/mol. The fourth-order valence-corrected chi connectivity index (χ4v) is 7.09. The number of allylic oxidation sites excluding steroid dienone is 1. The van der Waals surface area contributed by atoms with Crippen LogP contribution >= 0.6 is 0 Å². The average molecular weight is 547 g/mol. The smallest absolute Gasteiger partial charge is 0.312 e. The SMILES string of the molecule is C=CCCCCOC(=O)[C@H]1[C@H]2C(=O)N([C@@H](CO)[C@@H](C)CC)C(C(=O)N(CC=C)CCCC)C23CC[C@]1(CC)O3. The summed E-state index contributed by atoms with van der Waals surface area (Å²) >= 11 is 0. The quantitative estimate of drug-likeness (QED) is 0.166. The van der Waals surface area contributed by atoms with Gasteiger partial charge in [0, 0.05) is 13.1 Å². The summed E-state index contributed by atoms with van der Waals surface area (Å²) in [6.07, 6.45) is 10.1. The fraction of sp³-hybridized carbons (Fsp3) is 0.774. The normalized spacial score (nSPS) is 30.6. The van der Waals surface area contributed by atoms with Crippen molar-refractivity contribution in [3.05, 3.63) is 25.3 Å². The van der Waals surface area contributed by atoms with E-state index in [4.69, 9.17) is 9.47 Å². The van der Waals surface area contributed by atoms with Crippen LogP contribution in [0.5, 0.6) is 0 Å². The fourth-order valence-electron chi connectivity index (χ4n) is 7.09. The van der Waals surface area contributed by atoms with Crippen LogP contribution in [-0.2, 0) is 23.9 Å². The van der Waals surface area contributed by atoms with Crippen LogP contribution < -0.4 is 0 Å². The summed E-state index contributed by atoms with van der Waals surface area (Å²) in [5.74, 6) is -2.50. The molecule has 3 saturated heterocycles. The molecule has 3 rings (SSSR count). The van der Waals surface area contributed by atoms with Crippen molar-refractivity contribution < 1.29 is 29.0 Å². The first-order chi connectivity index (χ1) is 18.7. The van der Waals surface area contributed by atoms with E-state index < -0.39 is 41.1 Å². The number of aliphatic hydroxyl groups excluding tert-OH is 1. The molecule has 0 radical (unpaired) electrons. The lowest BCUT2D eigenvalue weighted by molar-refractivity contribution is -0.164. The van der Waals surface area contributed by atoms with Gasteiger partial charge in [0.25, 0.3) is 0 Å². The topological polar surface area (TPSA) is 96.4 Å². The Morgan fingerprint density at radius 3 is 2.54 bits per heavy atom. The van der Waals surface area contributed by atoms with Crippen LogP contribution in [-0.4, -0.2) is 82.3 Å². The molecule has 3 fully saturated rings. The Kier molecular flexibility index (Phi) is 10.8. The summed E-state index contributed by atoms with van der Waals surface area (Å²) in [6, 6.07) is -1.46. The Balaban J connectivity index is 2.05. The molecule has 0 aromatic heterocycles. The molecule has 0 aliphatic carbocycles. The van der Waals surface area contributed by atoms with Crippen molar-refractivity contribution in [2.45, 2.75) is 109 Å². The maximum absolute atomic E-state index is 14.4. The first-order valence-electron chi connectivity index (χ1n) is 15.0. The Labute approximate surface area is 234 Å². The van der Waals surface area contributed by atoms with Crippen LogP contribution in [0.4, 0.5) is 0 Å². The molecule has 8 heteroatoms. The molecule has 2 bridgehead atoms. The number of nitrogens with zero attached hydrogens (tertiary/aromatic N) is 2. The van der Waals surface area contributed by atoms with Gasteiger partial charge < -0.3 is 24.4 Å². The summed E-state index contributed by atoms with van der Waals surface area (Å²) in [5.41, 5.74) is -1.95. The zero-order valence-corrected chi connectivity index (χ0v) is 24.5. The third-order valence-electron chi connectivity index (χ3n) is 9.44. The van der Waals surface area contributed by atoms with Gasteiger partial charge in [-0.1, -0.05) is 52.7 Å². The number of ether oxygens (including phenoxy) is 2. The lowest BCUT2D eigenvalue weighted by Crippen LogP contribution is -2.60. The number of esters is 1. The van der Waals surface area contributed by atoms with Crippen molar-refractivity contribution in [2.24, 2.45) is 17.8 Å². The van der Waals surface area contributed by atoms with Crippen molar-refractivity contribution in [3.63, 3.8) is 0 Å². The minimum Gasteiger partial charge on any atom is -0.465 e. The summed E-state index contributed by atoms with van der Waals surface area (Å²) in [6.45, 7) is 16.5. The van der Waals surface area contributed by atoms with E-state index in [1.165, 1.54) is 0 Å². The molecule has 7 atom stereocenters. The number of carbonyl (C=O) groups excluding carboxylic acids is 3. The second kappa shape index (κ2) is 13.4. The van der Waals surface area contributed by atoms with Gasteiger partial charge in [0.2, 0.25) is 11.8 Å². The molecule has 3 heterocycles. The molecule has 220 valence electrons. The molecule has 3 aliphatic heterocycles. The van der Waals surface area contributed by atoms with Crippen LogP contribution in [0.1, 0.15) is 85.5 Å². The summed E-state index contributed by atoms with van der Waals surface area (Å²) < 4.78 is 12.6. The van der Waals surface area contributed by atoms with Gasteiger partial charge in [0.05, 0.1) is 30.8 Å². The molecule has 2 unspecified atom stereocenters. The first kappa shape index (κ1) is 31.3. The number of amides is 2. The Bertz CT molecular complexity index is 908. The molecule has 2 amide bonds. The Morgan fingerprint density at radius 1 is 1.21 bits per heavy atom. The van der Waals surface area contributed by atoms with Crippen molar-refractivity contribution in [1.29, 1.82) is 0 Å². The molecule has 1 N–H and O–H groups in total. The third-order valence-corrected chi connectivity index (χ3v) is 9.44. The van der Waals surface area contributed by atoms with E-state index in [0.717, 1.165) is 38.5 Å².